The fourth-order valence-corrected chi connectivity index (χ4v) is 4.61. The van der Waals surface area contributed by atoms with Gasteiger partial charge in [-0.25, -0.2) is 4.39 Å². The third-order valence-corrected chi connectivity index (χ3v) is 10.7. The van der Waals surface area contributed by atoms with Crippen LogP contribution < -0.4 is 5.73 Å². The van der Waals surface area contributed by atoms with E-state index in [2.05, 4.69) is 33.9 Å². The number of primary amides is 1. The van der Waals surface area contributed by atoms with E-state index in [-0.39, 0.29) is 23.3 Å². The van der Waals surface area contributed by atoms with Crippen LogP contribution >= 0.6 is 0 Å². The number of benzene rings is 1. The average Bonchev–Trinajstić information content (AvgIpc) is 2.90. The standard InChI is InChI=1S/C21H30FN3O3Si/c1-21(2,3)29(4,5)28-11-8-16-15-7-6-14(22)12-17(15)25-10-9-24(13-18(23)26)20(27)19(16)25/h6-7,12H,8-11,13H2,1-5H3,(H2,23,26). The minimum absolute atomic E-state index is 0.0898. The van der Waals surface area contributed by atoms with Crippen molar-refractivity contribution in [3.63, 3.8) is 0 Å². The zero-order valence-corrected chi connectivity index (χ0v) is 18.8. The number of hydrogen-bond donors (Lipinski definition) is 1. The lowest BCUT2D eigenvalue weighted by Gasteiger charge is -2.36. The highest BCUT2D eigenvalue weighted by atomic mass is 28.4. The number of aromatic nitrogens is 1. The zero-order valence-electron chi connectivity index (χ0n) is 17.8. The Morgan fingerprint density at radius 1 is 1.28 bits per heavy atom. The van der Waals surface area contributed by atoms with Gasteiger partial charge in [-0.2, -0.15) is 0 Å². The Labute approximate surface area is 171 Å². The summed E-state index contributed by atoms with van der Waals surface area (Å²) in [7, 11) is -1.93. The summed E-state index contributed by atoms with van der Waals surface area (Å²) in [6.07, 6.45) is 0.549. The lowest BCUT2D eigenvalue weighted by atomic mass is 10.1. The molecule has 0 atom stereocenters. The van der Waals surface area contributed by atoms with Gasteiger partial charge in [0.2, 0.25) is 5.91 Å². The second-order valence-electron chi connectivity index (χ2n) is 9.19. The van der Waals surface area contributed by atoms with Crippen molar-refractivity contribution in [1.29, 1.82) is 0 Å². The van der Waals surface area contributed by atoms with E-state index < -0.39 is 14.2 Å². The number of fused-ring (bicyclic) bond motifs is 3. The largest absolute Gasteiger partial charge is 0.416 e. The molecule has 3 rings (SSSR count). The van der Waals surface area contributed by atoms with Crippen LogP contribution in [0.4, 0.5) is 4.39 Å². The summed E-state index contributed by atoms with van der Waals surface area (Å²) in [5.41, 5.74) is 7.36. The second-order valence-corrected chi connectivity index (χ2v) is 14.0. The van der Waals surface area contributed by atoms with Crippen LogP contribution in [0.2, 0.25) is 18.1 Å². The maximum absolute atomic E-state index is 13.9. The normalized spacial score (nSPS) is 15.1. The van der Waals surface area contributed by atoms with Crippen molar-refractivity contribution in [1.82, 2.24) is 9.47 Å². The van der Waals surface area contributed by atoms with Crippen molar-refractivity contribution in [2.75, 3.05) is 19.7 Å². The lowest BCUT2D eigenvalue weighted by molar-refractivity contribution is -0.118. The van der Waals surface area contributed by atoms with Crippen molar-refractivity contribution in [2.45, 2.75) is 51.9 Å². The molecule has 1 aromatic carbocycles. The first kappa shape index (κ1) is 21.5. The molecule has 8 heteroatoms. The molecule has 0 bridgehead atoms. The number of amides is 2. The van der Waals surface area contributed by atoms with Gasteiger partial charge in [0.15, 0.2) is 8.32 Å². The van der Waals surface area contributed by atoms with E-state index in [0.717, 1.165) is 10.9 Å². The van der Waals surface area contributed by atoms with Gasteiger partial charge in [-0.05, 0) is 48.3 Å². The molecule has 0 aliphatic carbocycles. The molecule has 0 saturated heterocycles. The maximum atomic E-state index is 13.9. The molecule has 6 nitrogen and oxygen atoms in total. The number of carbonyl (C=O) groups is 2. The van der Waals surface area contributed by atoms with E-state index in [1.807, 2.05) is 4.57 Å². The fourth-order valence-electron chi connectivity index (χ4n) is 3.56. The van der Waals surface area contributed by atoms with E-state index in [9.17, 15) is 14.0 Å². The Hall–Kier alpha value is -2.19. The van der Waals surface area contributed by atoms with Crippen LogP contribution in [0.3, 0.4) is 0 Å². The Morgan fingerprint density at radius 2 is 1.97 bits per heavy atom. The zero-order chi connectivity index (χ0) is 21.6. The maximum Gasteiger partial charge on any atom is 0.271 e. The molecular weight excluding hydrogens is 389 g/mol. The molecule has 2 amide bonds. The first-order valence-corrected chi connectivity index (χ1v) is 12.9. The predicted molar refractivity (Wildman–Crippen MR) is 114 cm³/mol. The first-order chi connectivity index (χ1) is 13.4. The number of halogens is 1. The van der Waals surface area contributed by atoms with Gasteiger partial charge in [-0.3, -0.25) is 9.59 Å². The molecule has 0 spiro atoms. The van der Waals surface area contributed by atoms with Crippen LogP contribution in [-0.4, -0.2) is 49.3 Å². The molecule has 2 heterocycles. The molecule has 0 saturated carbocycles. The molecule has 2 N–H and O–H groups in total. The molecule has 0 radical (unpaired) electrons. The smallest absolute Gasteiger partial charge is 0.271 e. The van der Waals surface area contributed by atoms with Gasteiger partial charge in [0.05, 0.1) is 12.1 Å². The topological polar surface area (TPSA) is 77.6 Å². The van der Waals surface area contributed by atoms with E-state index in [1.165, 1.54) is 17.0 Å². The highest BCUT2D eigenvalue weighted by Gasteiger charge is 2.37. The van der Waals surface area contributed by atoms with Crippen molar-refractivity contribution in [3.05, 3.63) is 35.3 Å². The summed E-state index contributed by atoms with van der Waals surface area (Å²) in [6.45, 7) is 12.2. The van der Waals surface area contributed by atoms with Crippen LogP contribution in [0.25, 0.3) is 10.9 Å². The van der Waals surface area contributed by atoms with Gasteiger partial charge in [0.1, 0.15) is 11.5 Å². The molecule has 0 unspecified atom stereocenters. The van der Waals surface area contributed by atoms with Gasteiger partial charge in [0, 0.05) is 25.1 Å². The summed E-state index contributed by atoms with van der Waals surface area (Å²) in [5.74, 6) is -1.13. The Kier molecular flexibility index (Phi) is 5.61. The second kappa shape index (κ2) is 7.57. The third-order valence-electron chi connectivity index (χ3n) is 6.18. The molecule has 2 aromatic rings. The van der Waals surface area contributed by atoms with Gasteiger partial charge in [0.25, 0.3) is 5.91 Å². The molecule has 0 fully saturated rings. The molecular formula is C21H30FN3O3Si. The Balaban J connectivity index is 1.97. The average molecular weight is 420 g/mol. The van der Waals surface area contributed by atoms with Gasteiger partial charge in [-0.15, -0.1) is 0 Å². The molecule has 1 aromatic heterocycles. The van der Waals surface area contributed by atoms with E-state index >= 15 is 0 Å². The van der Waals surface area contributed by atoms with E-state index in [4.69, 9.17) is 10.2 Å². The van der Waals surface area contributed by atoms with Crippen LogP contribution in [0, 0.1) is 5.82 Å². The van der Waals surface area contributed by atoms with Crippen LogP contribution in [0.1, 0.15) is 36.8 Å². The van der Waals surface area contributed by atoms with Crippen LogP contribution in [0.15, 0.2) is 18.2 Å². The van der Waals surface area contributed by atoms with E-state index in [0.29, 0.717) is 37.3 Å². The molecule has 158 valence electrons. The lowest BCUT2D eigenvalue weighted by Crippen LogP contribution is -2.45. The van der Waals surface area contributed by atoms with Crippen molar-refractivity contribution in [3.8, 4) is 0 Å². The summed E-state index contributed by atoms with van der Waals surface area (Å²) in [4.78, 5) is 25.9. The Bertz CT molecular complexity index is 962. The Morgan fingerprint density at radius 3 is 2.59 bits per heavy atom. The van der Waals surface area contributed by atoms with Gasteiger partial charge >= 0.3 is 0 Å². The number of nitrogens with zero attached hydrogens (tertiary/aromatic N) is 2. The summed E-state index contributed by atoms with van der Waals surface area (Å²) in [5, 5.41) is 0.946. The number of rotatable bonds is 6. The highest BCUT2D eigenvalue weighted by Crippen LogP contribution is 2.37. The summed E-state index contributed by atoms with van der Waals surface area (Å²) >= 11 is 0. The van der Waals surface area contributed by atoms with E-state index in [1.54, 1.807) is 6.07 Å². The minimum atomic E-state index is -1.93. The summed E-state index contributed by atoms with van der Waals surface area (Å²) in [6, 6.07) is 4.61. The number of hydrogen-bond acceptors (Lipinski definition) is 3. The monoisotopic (exact) mass is 419 g/mol. The van der Waals surface area contributed by atoms with Crippen LogP contribution in [-0.2, 0) is 22.2 Å². The highest BCUT2D eigenvalue weighted by molar-refractivity contribution is 6.74. The van der Waals surface area contributed by atoms with Crippen molar-refractivity contribution in [2.24, 2.45) is 5.73 Å². The predicted octanol–water partition coefficient (Wildman–Crippen LogP) is 3.29. The van der Waals surface area contributed by atoms with Crippen LogP contribution in [0.5, 0.6) is 0 Å². The third kappa shape index (κ3) is 4.09. The fraction of sp³-hybridized carbons (Fsp3) is 0.524. The quantitative estimate of drug-likeness (QED) is 0.730. The SMILES string of the molecule is CC(C)(C)[Si](C)(C)OCCc1c2n(c3cc(F)ccc13)CCN(CC(N)=O)C2=O. The number of carbonyl (C=O) groups excluding carboxylic acids is 2. The number of nitrogens with two attached hydrogens (primary N) is 1. The molecule has 29 heavy (non-hydrogen) atoms. The molecule has 1 aliphatic rings. The van der Waals surface area contributed by atoms with Gasteiger partial charge in [-0.1, -0.05) is 20.8 Å². The minimum Gasteiger partial charge on any atom is -0.416 e. The van der Waals surface area contributed by atoms with Gasteiger partial charge < -0.3 is 19.6 Å². The first-order valence-electron chi connectivity index (χ1n) is 9.94. The van der Waals surface area contributed by atoms with Crippen molar-refractivity contribution < 1.29 is 18.4 Å². The summed E-state index contributed by atoms with van der Waals surface area (Å²) < 4.78 is 22.1. The van der Waals surface area contributed by atoms with Crippen molar-refractivity contribution >= 4 is 31.0 Å². The molecule has 1 aliphatic heterocycles.